The van der Waals surface area contributed by atoms with Crippen molar-refractivity contribution in [1.82, 2.24) is 4.98 Å². The second-order valence-corrected chi connectivity index (χ2v) is 2.96. The Morgan fingerprint density at radius 3 is 2.92 bits per heavy atom. The van der Waals surface area contributed by atoms with Crippen molar-refractivity contribution in [2.75, 3.05) is 6.67 Å². The van der Waals surface area contributed by atoms with Gasteiger partial charge in [-0.2, -0.15) is 0 Å². The number of aromatic amines is 1. The van der Waals surface area contributed by atoms with Gasteiger partial charge in [0.15, 0.2) is 0 Å². The van der Waals surface area contributed by atoms with Crippen molar-refractivity contribution in [2.45, 2.75) is 6.10 Å². The summed E-state index contributed by atoms with van der Waals surface area (Å²) in [5, 5.41) is 10.2. The predicted molar refractivity (Wildman–Crippen MR) is 49.2 cm³/mol. The molecule has 0 fully saturated rings. The molecule has 0 saturated heterocycles. The maximum atomic E-state index is 12.2. The third-order valence-corrected chi connectivity index (χ3v) is 2.13. The molecule has 0 saturated carbocycles. The van der Waals surface area contributed by atoms with Gasteiger partial charge in [-0.25, -0.2) is 4.39 Å². The van der Waals surface area contributed by atoms with Gasteiger partial charge in [0.2, 0.25) is 0 Å². The maximum Gasteiger partial charge on any atom is 0.120 e. The van der Waals surface area contributed by atoms with E-state index < -0.39 is 12.8 Å². The number of nitrogens with one attached hydrogen (secondary N) is 1. The smallest absolute Gasteiger partial charge is 0.120 e. The van der Waals surface area contributed by atoms with Gasteiger partial charge < -0.3 is 10.1 Å². The van der Waals surface area contributed by atoms with Gasteiger partial charge in [0.1, 0.15) is 12.8 Å². The molecule has 2 rings (SSSR count). The number of hydrogen-bond donors (Lipinski definition) is 2. The first-order valence-electron chi connectivity index (χ1n) is 4.13. The first-order chi connectivity index (χ1) is 6.33. The summed E-state index contributed by atoms with van der Waals surface area (Å²) >= 11 is 0. The summed E-state index contributed by atoms with van der Waals surface area (Å²) in [5.74, 6) is 0. The number of rotatable bonds is 2. The van der Waals surface area contributed by atoms with Gasteiger partial charge in [0.25, 0.3) is 0 Å². The molecule has 68 valence electrons. The van der Waals surface area contributed by atoms with Crippen LogP contribution in [0.1, 0.15) is 11.7 Å². The van der Waals surface area contributed by atoms with Crippen molar-refractivity contribution >= 4 is 10.9 Å². The van der Waals surface area contributed by atoms with E-state index in [1.54, 1.807) is 6.20 Å². The zero-order chi connectivity index (χ0) is 9.26. The molecule has 1 aromatic carbocycles. The number of aromatic nitrogens is 1. The lowest BCUT2D eigenvalue weighted by Crippen LogP contribution is -1.97. The maximum absolute atomic E-state index is 12.2. The lowest BCUT2D eigenvalue weighted by atomic mass is 10.1. The Morgan fingerprint density at radius 2 is 2.15 bits per heavy atom. The Labute approximate surface area is 75.0 Å². The van der Waals surface area contributed by atoms with Crippen LogP contribution in [0.25, 0.3) is 10.9 Å². The molecule has 2 aromatic rings. The zero-order valence-electron chi connectivity index (χ0n) is 7.00. The second-order valence-electron chi connectivity index (χ2n) is 2.96. The molecule has 0 aliphatic rings. The van der Waals surface area contributed by atoms with Crippen molar-refractivity contribution in [1.29, 1.82) is 0 Å². The van der Waals surface area contributed by atoms with E-state index >= 15 is 0 Å². The van der Waals surface area contributed by atoms with Crippen molar-refractivity contribution in [3.05, 3.63) is 36.0 Å². The van der Waals surface area contributed by atoms with Gasteiger partial charge in [-0.05, 0) is 6.07 Å². The molecule has 0 aliphatic carbocycles. The van der Waals surface area contributed by atoms with Crippen LogP contribution < -0.4 is 0 Å². The minimum atomic E-state index is -1.02. The third kappa shape index (κ3) is 1.31. The van der Waals surface area contributed by atoms with Crippen LogP contribution in [0, 0.1) is 0 Å². The van der Waals surface area contributed by atoms with Gasteiger partial charge in [-0.15, -0.1) is 0 Å². The average Bonchev–Trinajstić information content (AvgIpc) is 2.60. The summed E-state index contributed by atoms with van der Waals surface area (Å²) in [6, 6.07) is 7.51. The molecule has 13 heavy (non-hydrogen) atoms. The Morgan fingerprint density at radius 1 is 1.38 bits per heavy atom. The highest BCUT2D eigenvalue weighted by Gasteiger charge is 2.11. The van der Waals surface area contributed by atoms with Gasteiger partial charge in [-0.3, -0.25) is 0 Å². The van der Waals surface area contributed by atoms with Crippen LogP contribution in [0.15, 0.2) is 30.5 Å². The van der Waals surface area contributed by atoms with Gasteiger partial charge in [0.05, 0.1) is 0 Å². The number of para-hydroxylation sites is 1. The quantitative estimate of drug-likeness (QED) is 0.728. The molecule has 1 aromatic heterocycles. The fourth-order valence-electron chi connectivity index (χ4n) is 1.45. The molecule has 0 radical (unpaired) electrons. The first-order valence-corrected chi connectivity index (χ1v) is 4.13. The van der Waals surface area contributed by atoms with E-state index in [-0.39, 0.29) is 0 Å². The number of aliphatic hydroxyl groups is 1. The second kappa shape index (κ2) is 3.18. The molecule has 3 heteroatoms. The molecule has 0 aliphatic heterocycles. The molecule has 1 unspecified atom stereocenters. The average molecular weight is 179 g/mol. The lowest BCUT2D eigenvalue weighted by molar-refractivity contribution is 0.143. The van der Waals surface area contributed by atoms with Crippen LogP contribution in [0.3, 0.4) is 0 Å². The monoisotopic (exact) mass is 179 g/mol. The van der Waals surface area contributed by atoms with Crippen LogP contribution in [0.5, 0.6) is 0 Å². The minimum Gasteiger partial charge on any atom is -0.386 e. The summed E-state index contributed by atoms with van der Waals surface area (Å²) in [6.07, 6.45) is 0.630. The zero-order valence-corrected chi connectivity index (χ0v) is 7.00. The molecule has 2 N–H and O–H groups in total. The Balaban J connectivity index is 2.57. The molecule has 0 spiro atoms. The first kappa shape index (κ1) is 8.26. The highest BCUT2D eigenvalue weighted by molar-refractivity contribution is 5.83. The van der Waals surface area contributed by atoms with Crippen LogP contribution in [-0.4, -0.2) is 16.8 Å². The van der Waals surface area contributed by atoms with Crippen LogP contribution in [0.4, 0.5) is 4.39 Å². The van der Waals surface area contributed by atoms with E-state index in [1.807, 2.05) is 24.3 Å². The lowest BCUT2D eigenvalue weighted by Gasteiger charge is -2.02. The number of alkyl halides is 1. The van der Waals surface area contributed by atoms with E-state index in [0.29, 0.717) is 5.56 Å². The predicted octanol–water partition coefficient (Wildman–Crippen LogP) is 2.17. The van der Waals surface area contributed by atoms with Crippen molar-refractivity contribution < 1.29 is 9.50 Å². The summed E-state index contributed by atoms with van der Waals surface area (Å²) in [5.41, 5.74) is 1.54. The summed E-state index contributed by atoms with van der Waals surface area (Å²) in [4.78, 5) is 2.98. The topological polar surface area (TPSA) is 36.0 Å². The minimum absolute atomic E-state index is 0.623. The number of aliphatic hydroxyl groups excluding tert-OH is 1. The largest absolute Gasteiger partial charge is 0.386 e. The molecular weight excluding hydrogens is 169 g/mol. The summed E-state index contributed by atoms with van der Waals surface area (Å²) < 4.78 is 12.2. The van der Waals surface area contributed by atoms with Crippen LogP contribution in [0.2, 0.25) is 0 Å². The SMILES string of the molecule is OC(CF)c1c[nH]c2ccccc12. The molecule has 0 amide bonds. The highest BCUT2D eigenvalue weighted by Crippen LogP contribution is 2.23. The number of hydrogen-bond acceptors (Lipinski definition) is 1. The van der Waals surface area contributed by atoms with E-state index in [4.69, 9.17) is 0 Å². The number of H-pyrrole nitrogens is 1. The van der Waals surface area contributed by atoms with Crippen molar-refractivity contribution in [3.63, 3.8) is 0 Å². The fraction of sp³-hybridized carbons (Fsp3) is 0.200. The number of benzene rings is 1. The summed E-state index contributed by atoms with van der Waals surface area (Å²) in [6.45, 7) is -0.748. The van der Waals surface area contributed by atoms with Crippen molar-refractivity contribution in [3.8, 4) is 0 Å². The number of halogens is 1. The number of fused-ring (bicyclic) bond motifs is 1. The Bertz CT molecular complexity index is 410. The van der Waals surface area contributed by atoms with E-state index in [0.717, 1.165) is 10.9 Å². The van der Waals surface area contributed by atoms with Crippen LogP contribution in [-0.2, 0) is 0 Å². The van der Waals surface area contributed by atoms with E-state index in [1.165, 1.54) is 0 Å². The van der Waals surface area contributed by atoms with E-state index in [2.05, 4.69) is 4.98 Å². The molecule has 1 atom stereocenters. The highest BCUT2D eigenvalue weighted by atomic mass is 19.1. The Hall–Kier alpha value is -1.35. The molecule has 2 nitrogen and oxygen atoms in total. The fourth-order valence-corrected chi connectivity index (χ4v) is 1.45. The standard InChI is InChI=1S/C10H10FNO/c11-5-10(13)8-6-12-9-4-2-1-3-7(8)9/h1-4,6,10,12-13H,5H2. The van der Waals surface area contributed by atoms with Gasteiger partial charge in [-0.1, -0.05) is 18.2 Å². The Kier molecular flexibility index (Phi) is 2.02. The molecular formula is C10H10FNO. The van der Waals surface area contributed by atoms with Crippen LogP contribution >= 0.6 is 0 Å². The third-order valence-electron chi connectivity index (χ3n) is 2.13. The summed E-state index contributed by atoms with van der Waals surface area (Å²) in [7, 11) is 0. The van der Waals surface area contributed by atoms with Crippen molar-refractivity contribution in [2.24, 2.45) is 0 Å². The normalized spacial score (nSPS) is 13.4. The van der Waals surface area contributed by atoms with Gasteiger partial charge in [0, 0.05) is 22.7 Å². The molecule has 1 heterocycles. The molecule has 0 bridgehead atoms. The van der Waals surface area contributed by atoms with E-state index in [9.17, 15) is 9.50 Å². The van der Waals surface area contributed by atoms with Gasteiger partial charge >= 0.3 is 0 Å².